The maximum absolute atomic E-state index is 11.6. The highest BCUT2D eigenvalue weighted by atomic mass is 16.2. The number of fused-ring (bicyclic) bond motifs is 2. The van der Waals surface area contributed by atoms with Gasteiger partial charge in [0.25, 0.3) is 0 Å². The van der Waals surface area contributed by atoms with E-state index in [1.54, 1.807) is 12.4 Å². The minimum absolute atomic E-state index is 0.0197. The summed E-state index contributed by atoms with van der Waals surface area (Å²) in [6.07, 6.45) is 11.8. The van der Waals surface area contributed by atoms with Crippen LogP contribution in [0.25, 0.3) is 16.9 Å². The van der Waals surface area contributed by atoms with Gasteiger partial charge in [0.1, 0.15) is 11.5 Å². The lowest BCUT2D eigenvalue weighted by Crippen LogP contribution is -2.27. The Morgan fingerprint density at radius 2 is 2.04 bits per heavy atom. The van der Waals surface area contributed by atoms with Gasteiger partial charge >= 0.3 is 0 Å². The molecule has 2 aliphatic rings. The molecule has 3 N–H and O–H groups in total. The summed E-state index contributed by atoms with van der Waals surface area (Å²) >= 11 is 0. The first-order chi connectivity index (χ1) is 13.3. The predicted molar refractivity (Wildman–Crippen MR) is 106 cm³/mol. The molecule has 5 rings (SSSR count). The molecule has 0 bridgehead atoms. The molecule has 3 aromatic rings. The number of aromatic nitrogens is 3. The van der Waals surface area contributed by atoms with Gasteiger partial charge in [0.05, 0.1) is 24.1 Å². The van der Waals surface area contributed by atoms with Crippen molar-refractivity contribution in [2.45, 2.75) is 38.1 Å². The Kier molecular flexibility index (Phi) is 3.92. The first kappa shape index (κ1) is 16.1. The van der Waals surface area contributed by atoms with Crippen molar-refractivity contribution in [3.05, 3.63) is 36.8 Å². The third-order valence-electron chi connectivity index (χ3n) is 5.38. The number of rotatable bonds is 3. The molecule has 1 aliphatic heterocycles. The Morgan fingerprint density at radius 3 is 2.93 bits per heavy atom. The van der Waals surface area contributed by atoms with E-state index in [2.05, 4.69) is 31.4 Å². The average molecular weight is 362 g/mol. The van der Waals surface area contributed by atoms with Crippen LogP contribution in [-0.4, -0.2) is 32.9 Å². The first-order valence-corrected chi connectivity index (χ1v) is 9.55. The van der Waals surface area contributed by atoms with E-state index in [9.17, 15) is 4.79 Å². The second-order valence-corrected chi connectivity index (χ2v) is 7.25. The third-order valence-corrected chi connectivity index (χ3v) is 5.38. The van der Waals surface area contributed by atoms with Crippen molar-refractivity contribution < 1.29 is 4.79 Å². The van der Waals surface area contributed by atoms with Crippen molar-refractivity contribution in [3.63, 3.8) is 0 Å². The average Bonchev–Trinajstić information content (AvgIpc) is 3.07. The van der Waals surface area contributed by atoms with E-state index in [0.717, 1.165) is 34.1 Å². The maximum atomic E-state index is 11.6. The molecular formula is C20H22N6O. The number of carbonyl (C=O) groups is 1. The van der Waals surface area contributed by atoms with Crippen LogP contribution in [0, 0.1) is 0 Å². The van der Waals surface area contributed by atoms with Crippen LogP contribution in [0.2, 0.25) is 0 Å². The lowest BCUT2D eigenvalue weighted by atomic mass is 9.95. The Bertz CT molecular complexity index is 1000. The van der Waals surface area contributed by atoms with Gasteiger partial charge in [0.2, 0.25) is 5.91 Å². The largest absolute Gasteiger partial charge is 0.374 e. The summed E-state index contributed by atoms with van der Waals surface area (Å²) in [5.74, 6) is 0.993. The normalized spacial score (nSPS) is 17.3. The molecule has 0 unspecified atom stereocenters. The highest BCUT2D eigenvalue weighted by molar-refractivity contribution is 6.01. The van der Waals surface area contributed by atoms with E-state index in [-0.39, 0.29) is 5.91 Å². The molecule has 1 amide bonds. The van der Waals surface area contributed by atoms with Crippen LogP contribution in [0.3, 0.4) is 0 Å². The van der Waals surface area contributed by atoms with Crippen molar-refractivity contribution in [1.29, 1.82) is 0 Å². The van der Waals surface area contributed by atoms with Crippen LogP contribution in [0.15, 0.2) is 36.8 Å². The molecule has 3 heterocycles. The van der Waals surface area contributed by atoms with Crippen LogP contribution in [0.4, 0.5) is 17.2 Å². The number of anilines is 3. The zero-order valence-electron chi connectivity index (χ0n) is 15.0. The van der Waals surface area contributed by atoms with Gasteiger partial charge in [-0.25, -0.2) is 4.98 Å². The predicted octanol–water partition coefficient (Wildman–Crippen LogP) is 3.50. The summed E-state index contributed by atoms with van der Waals surface area (Å²) in [5.41, 5.74) is 4.48. The zero-order chi connectivity index (χ0) is 18.2. The zero-order valence-corrected chi connectivity index (χ0v) is 15.0. The fourth-order valence-electron chi connectivity index (χ4n) is 4.00. The number of imidazole rings is 1. The molecule has 1 saturated carbocycles. The SMILES string of the molecule is O=C1CNc2cc(-c3nc4cnccn4c3NC3CCCCC3)ccc2N1. The molecular weight excluding hydrogens is 340 g/mol. The van der Waals surface area contributed by atoms with Crippen LogP contribution < -0.4 is 16.0 Å². The summed E-state index contributed by atoms with van der Waals surface area (Å²) in [6.45, 7) is 0.290. The molecule has 1 fully saturated rings. The second-order valence-electron chi connectivity index (χ2n) is 7.25. The summed E-state index contributed by atoms with van der Waals surface area (Å²) in [5, 5.41) is 9.81. The topological polar surface area (TPSA) is 83.4 Å². The van der Waals surface area contributed by atoms with Crippen LogP contribution in [-0.2, 0) is 4.79 Å². The molecule has 7 heteroatoms. The third kappa shape index (κ3) is 2.99. The van der Waals surface area contributed by atoms with Crippen LogP contribution >= 0.6 is 0 Å². The van der Waals surface area contributed by atoms with Gasteiger partial charge < -0.3 is 16.0 Å². The van der Waals surface area contributed by atoms with Crippen molar-refractivity contribution in [1.82, 2.24) is 14.4 Å². The number of carbonyl (C=O) groups excluding carboxylic acids is 1. The number of benzene rings is 1. The van der Waals surface area contributed by atoms with Crippen molar-refractivity contribution in [2.24, 2.45) is 0 Å². The number of nitrogens with zero attached hydrogens (tertiary/aromatic N) is 3. The van der Waals surface area contributed by atoms with Crippen molar-refractivity contribution in [3.8, 4) is 11.3 Å². The van der Waals surface area contributed by atoms with Gasteiger partial charge in [-0.15, -0.1) is 0 Å². The summed E-state index contributed by atoms with van der Waals surface area (Å²) in [7, 11) is 0. The Morgan fingerprint density at radius 1 is 1.15 bits per heavy atom. The number of hydrogen-bond acceptors (Lipinski definition) is 5. The Balaban J connectivity index is 1.58. The highest BCUT2D eigenvalue weighted by Gasteiger charge is 2.21. The van der Waals surface area contributed by atoms with E-state index in [0.29, 0.717) is 12.6 Å². The molecule has 27 heavy (non-hydrogen) atoms. The molecule has 7 nitrogen and oxygen atoms in total. The smallest absolute Gasteiger partial charge is 0.243 e. The van der Waals surface area contributed by atoms with Gasteiger partial charge in [-0.2, -0.15) is 0 Å². The molecule has 138 valence electrons. The van der Waals surface area contributed by atoms with Gasteiger partial charge in [0.15, 0.2) is 5.65 Å². The molecule has 0 saturated heterocycles. The van der Waals surface area contributed by atoms with Crippen LogP contribution in [0.1, 0.15) is 32.1 Å². The number of hydrogen-bond donors (Lipinski definition) is 3. The molecule has 1 aromatic carbocycles. The van der Waals surface area contributed by atoms with Crippen molar-refractivity contribution in [2.75, 3.05) is 22.5 Å². The van der Waals surface area contributed by atoms with E-state index in [1.165, 1.54) is 32.1 Å². The van der Waals surface area contributed by atoms with E-state index >= 15 is 0 Å². The first-order valence-electron chi connectivity index (χ1n) is 9.55. The molecule has 0 atom stereocenters. The van der Waals surface area contributed by atoms with Crippen molar-refractivity contribution >= 4 is 28.7 Å². The monoisotopic (exact) mass is 362 g/mol. The van der Waals surface area contributed by atoms with E-state index in [1.807, 2.05) is 18.3 Å². The fraction of sp³-hybridized carbons (Fsp3) is 0.350. The number of nitrogens with one attached hydrogen (secondary N) is 3. The maximum Gasteiger partial charge on any atom is 0.243 e. The fourth-order valence-corrected chi connectivity index (χ4v) is 4.00. The number of amides is 1. The van der Waals surface area contributed by atoms with Gasteiger partial charge in [-0.3, -0.25) is 14.2 Å². The lowest BCUT2D eigenvalue weighted by molar-refractivity contribution is -0.114. The lowest BCUT2D eigenvalue weighted by Gasteiger charge is -2.24. The van der Waals surface area contributed by atoms with Gasteiger partial charge in [-0.1, -0.05) is 25.3 Å². The van der Waals surface area contributed by atoms with Gasteiger partial charge in [0, 0.05) is 24.0 Å². The summed E-state index contributed by atoms with van der Waals surface area (Å²) < 4.78 is 2.07. The molecule has 2 aromatic heterocycles. The standard InChI is InChI=1S/C20H22N6O/c27-18-12-22-16-10-13(6-7-15(16)24-18)19-20(23-14-4-2-1-3-5-14)26-9-8-21-11-17(26)25-19/h6-11,14,22-23H,1-5,12H2,(H,24,27). The summed E-state index contributed by atoms with van der Waals surface area (Å²) in [4.78, 5) is 20.6. The van der Waals surface area contributed by atoms with Gasteiger partial charge in [-0.05, 0) is 25.0 Å². The van der Waals surface area contributed by atoms with E-state index in [4.69, 9.17) is 4.98 Å². The molecule has 1 aliphatic carbocycles. The Labute approximate surface area is 157 Å². The minimum Gasteiger partial charge on any atom is -0.374 e. The second kappa shape index (κ2) is 6.57. The summed E-state index contributed by atoms with van der Waals surface area (Å²) in [6, 6.07) is 6.46. The quantitative estimate of drug-likeness (QED) is 0.664. The van der Waals surface area contributed by atoms with E-state index < -0.39 is 0 Å². The van der Waals surface area contributed by atoms with Crippen LogP contribution in [0.5, 0.6) is 0 Å². The Hall–Kier alpha value is -3.09. The highest BCUT2D eigenvalue weighted by Crippen LogP contribution is 2.35. The molecule has 0 spiro atoms. The molecule has 0 radical (unpaired) electrons. The minimum atomic E-state index is -0.0197.